The number of nitrogens with zero attached hydrogens (tertiary/aromatic N) is 4. The number of hydrogen-bond acceptors (Lipinski definition) is 6. The molecule has 1 amide bonds. The highest BCUT2D eigenvalue weighted by Crippen LogP contribution is 2.25. The molecule has 0 aliphatic carbocycles. The van der Waals surface area contributed by atoms with Crippen LogP contribution in [-0.4, -0.2) is 28.4 Å². The minimum absolute atomic E-state index is 0.123. The quantitative estimate of drug-likeness (QED) is 0.547. The number of hydrogen-bond donors (Lipinski definition) is 0. The van der Waals surface area contributed by atoms with Gasteiger partial charge in [-0.2, -0.15) is 5.26 Å². The van der Waals surface area contributed by atoms with E-state index in [1.807, 2.05) is 36.4 Å². The Labute approximate surface area is 165 Å². The zero-order valence-corrected chi connectivity index (χ0v) is 15.8. The van der Waals surface area contributed by atoms with Crippen molar-refractivity contribution in [3.8, 4) is 17.5 Å². The van der Waals surface area contributed by atoms with E-state index in [1.54, 1.807) is 23.1 Å². The lowest BCUT2D eigenvalue weighted by Gasteiger charge is -2.21. The van der Waals surface area contributed by atoms with Crippen molar-refractivity contribution in [1.82, 2.24) is 10.2 Å². The summed E-state index contributed by atoms with van der Waals surface area (Å²) in [6, 6.07) is 18.4. The van der Waals surface area contributed by atoms with Gasteiger partial charge in [0.1, 0.15) is 0 Å². The van der Waals surface area contributed by atoms with E-state index < -0.39 is 0 Å². The first-order valence-electron chi connectivity index (χ1n) is 8.12. The third-order valence-electron chi connectivity index (χ3n) is 3.61. The van der Waals surface area contributed by atoms with Gasteiger partial charge < -0.3 is 9.32 Å². The van der Waals surface area contributed by atoms with Gasteiger partial charge in [-0.25, -0.2) is 0 Å². The zero-order chi connectivity index (χ0) is 19.1. The lowest BCUT2D eigenvalue weighted by Crippen LogP contribution is -2.33. The number of rotatable bonds is 7. The Kier molecular flexibility index (Phi) is 6.47. The van der Waals surface area contributed by atoms with Crippen molar-refractivity contribution in [2.24, 2.45) is 0 Å². The minimum atomic E-state index is -0.135. The normalized spacial score (nSPS) is 10.4. The predicted octanol–water partition coefficient (Wildman–Crippen LogP) is 4.43. The summed E-state index contributed by atoms with van der Waals surface area (Å²) in [5.41, 5.74) is 1.47. The largest absolute Gasteiger partial charge is 0.411 e. The van der Waals surface area contributed by atoms with Crippen LogP contribution in [0.5, 0.6) is 0 Å². The van der Waals surface area contributed by atoms with E-state index >= 15 is 0 Å². The Morgan fingerprint density at radius 3 is 2.74 bits per heavy atom. The molecule has 0 atom stereocenters. The van der Waals surface area contributed by atoms with Gasteiger partial charge in [0.25, 0.3) is 5.22 Å². The number of carbonyl (C=O) groups is 1. The van der Waals surface area contributed by atoms with Crippen LogP contribution in [-0.2, 0) is 4.79 Å². The maximum atomic E-state index is 12.6. The number of aromatic nitrogens is 2. The van der Waals surface area contributed by atoms with Crippen LogP contribution in [0, 0.1) is 11.3 Å². The fraction of sp³-hybridized carbons (Fsp3) is 0.158. The van der Waals surface area contributed by atoms with Crippen LogP contribution in [0.25, 0.3) is 11.5 Å². The standard InChI is InChI=1S/C19H15ClN4O2S/c20-15-7-4-6-14(12-15)18-22-23-19(26-18)27-13-17(25)24(11-5-10-21)16-8-2-1-3-9-16/h1-4,6-9,12H,5,11,13H2. The van der Waals surface area contributed by atoms with Gasteiger partial charge in [0.15, 0.2) is 0 Å². The summed E-state index contributed by atoms with van der Waals surface area (Å²) >= 11 is 7.13. The van der Waals surface area contributed by atoms with Gasteiger partial charge in [-0.1, -0.05) is 47.6 Å². The van der Waals surface area contributed by atoms with E-state index in [0.717, 1.165) is 17.4 Å². The molecule has 0 saturated heterocycles. The monoisotopic (exact) mass is 398 g/mol. The highest BCUT2D eigenvalue weighted by molar-refractivity contribution is 7.99. The van der Waals surface area contributed by atoms with Gasteiger partial charge in [0, 0.05) is 22.8 Å². The number of para-hydroxylation sites is 1. The maximum Gasteiger partial charge on any atom is 0.277 e. The molecule has 2 aromatic carbocycles. The highest BCUT2D eigenvalue weighted by atomic mass is 35.5. The van der Waals surface area contributed by atoms with Crippen molar-refractivity contribution in [1.29, 1.82) is 5.26 Å². The Bertz CT molecular complexity index is 956. The van der Waals surface area contributed by atoms with E-state index in [0.29, 0.717) is 28.2 Å². The van der Waals surface area contributed by atoms with E-state index in [1.165, 1.54) is 0 Å². The summed E-state index contributed by atoms with van der Waals surface area (Å²) in [7, 11) is 0. The van der Waals surface area contributed by atoms with Crippen LogP contribution in [0.4, 0.5) is 5.69 Å². The number of benzene rings is 2. The topological polar surface area (TPSA) is 83.0 Å². The lowest BCUT2D eigenvalue weighted by atomic mass is 10.2. The highest BCUT2D eigenvalue weighted by Gasteiger charge is 2.17. The predicted molar refractivity (Wildman–Crippen MR) is 104 cm³/mol. The van der Waals surface area contributed by atoms with Crippen molar-refractivity contribution in [2.45, 2.75) is 11.6 Å². The summed E-state index contributed by atoms with van der Waals surface area (Å²) < 4.78 is 5.60. The summed E-state index contributed by atoms with van der Waals surface area (Å²) in [6.07, 6.45) is 0.255. The number of thioether (sulfide) groups is 1. The molecule has 6 nitrogen and oxygen atoms in total. The average molecular weight is 399 g/mol. The molecule has 3 rings (SSSR count). The second kappa shape index (κ2) is 9.21. The Hall–Kier alpha value is -2.82. The molecule has 8 heteroatoms. The van der Waals surface area contributed by atoms with Gasteiger partial charge in [-0.15, -0.1) is 10.2 Å². The van der Waals surface area contributed by atoms with E-state index in [9.17, 15) is 4.79 Å². The first kappa shape index (κ1) is 19.0. The van der Waals surface area contributed by atoms with E-state index in [4.69, 9.17) is 21.3 Å². The molecule has 0 radical (unpaired) electrons. The van der Waals surface area contributed by atoms with Gasteiger partial charge in [0.05, 0.1) is 18.2 Å². The Morgan fingerprint density at radius 1 is 1.19 bits per heavy atom. The molecule has 0 unspecified atom stereocenters. The molecule has 0 bridgehead atoms. The summed E-state index contributed by atoms with van der Waals surface area (Å²) in [5.74, 6) is 0.332. The summed E-state index contributed by atoms with van der Waals surface area (Å²) in [5, 5.41) is 17.7. The molecule has 136 valence electrons. The smallest absolute Gasteiger partial charge is 0.277 e. The van der Waals surface area contributed by atoms with E-state index in [-0.39, 0.29) is 18.1 Å². The fourth-order valence-electron chi connectivity index (χ4n) is 2.38. The van der Waals surface area contributed by atoms with E-state index in [2.05, 4.69) is 16.3 Å². The second-order valence-electron chi connectivity index (χ2n) is 5.46. The third-order valence-corrected chi connectivity index (χ3v) is 4.65. The minimum Gasteiger partial charge on any atom is -0.411 e. The maximum absolute atomic E-state index is 12.6. The van der Waals surface area contributed by atoms with Crippen molar-refractivity contribution in [3.63, 3.8) is 0 Å². The Morgan fingerprint density at radius 2 is 2.00 bits per heavy atom. The molecule has 0 fully saturated rings. The number of halogens is 1. The number of amides is 1. The third kappa shape index (κ3) is 5.09. The van der Waals surface area contributed by atoms with Crippen molar-refractivity contribution < 1.29 is 9.21 Å². The van der Waals surface area contributed by atoms with Crippen molar-refractivity contribution in [2.75, 3.05) is 17.2 Å². The molecule has 1 aromatic heterocycles. The Balaban J connectivity index is 1.66. The van der Waals surface area contributed by atoms with Crippen LogP contribution in [0.1, 0.15) is 6.42 Å². The molecule has 27 heavy (non-hydrogen) atoms. The number of nitriles is 1. The van der Waals surface area contributed by atoms with Gasteiger partial charge in [-0.05, 0) is 30.3 Å². The van der Waals surface area contributed by atoms with Crippen LogP contribution in [0.2, 0.25) is 5.02 Å². The molecule has 3 aromatic rings. The van der Waals surface area contributed by atoms with Crippen molar-refractivity contribution in [3.05, 3.63) is 59.6 Å². The second-order valence-corrected chi connectivity index (χ2v) is 6.82. The molecule has 0 spiro atoms. The molecular weight excluding hydrogens is 384 g/mol. The van der Waals surface area contributed by atoms with Crippen LogP contribution < -0.4 is 4.90 Å². The molecular formula is C19H15ClN4O2S. The molecule has 1 heterocycles. The van der Waals surface area contributed by atoms with Crippen LogP contribution in [0.3, 0.4) is 0 Å². The first-order valence-corrected chi connectivity index (χ1v) is 9.48. The molecule has 0 saturated carbocycles. The lowest BCUT2D eigenvalue weighted by molar-refractivity contribution is -0.116. The fourth-order valence-corrected chi connectivity index (χ4v) is 3.20. The first-order chi connectivity index (χ1) is 13.2. The number of anilines is 1. The average Bonchev–Trinajstić information content (AvgIpc) is 3.17. The summed E-state index contributed by atoms with van der Waals surface area (Å²) in [4.78, 5) is 14.2. The number of carbonyl (C=O) groups excluding carboxylic acids is 1. The van der Waals surface area contributed by atoms with Gasteiger partial charge in [-0.3, -0.25) is 4.79 Å². The van der Waals surface area contributed by atoms with Gasteiger partial charge >= 0.3 is 0 Å². The van der Waals surface area contributed by atoms with Crippen molar-refractivity contribution >= 4 is 35.0 Å². The zero-order valence-electron chi connectivity index (χ0n) is 14.2. The van der Waals surface area contributed by atoms with Crippen LogP contribution in [0.15, 0.2) is 64.2 Å². The summed E-state index contributed by atoms with van der Waals surface area (Å²) in [6.45, 7) is 0.331. The molecule has 0 N–H and O–H groups in total. The van der Waals surface area contributed by atoms with Gasteiger partial charge in [0.2, 0.25) is 11.8 Å². The SMILES string of the molecule is N#CCCN(C(=O)CSc1nnc(-c2cccc(Cl)c2)o1)c1ccccc1. The molecule has 0 aliphatic heterocycles. The van der Waals surface area contributed by atoms with Crippen LogP contribution >= 0.6 is 23.4 Å². The molecule has 0 aliphatic rings.